The van der Waals surface area contributed by atoms with E-state index in [9.17, 15) is 18.0 Å². The Morgan fingerprint density at radius 3 is 2.54 bits per heavy atom. The molecule has 2 aromatic rings. The van der Waals surface area contributed by atoms with Crippen molar-refractivity contribution >= 4 is 23.2 Å². The van der Waals surface area contributed by atoms with E-state index in [0.29, 0.717) is 0 Å². The molecule has 0 saturated heterocycles. The predicted molar refractivity (Wildman–Crippen MR) is 80.0 cm³/mol. The Morgan fingerprint density at radius 2 is 1.92 bits per heavy atom. The summed E-state index contributed by atoms with van der Waals surface area (Å²) in [5.41, 5.74) is -5.01. The highest BCUT2D eigenvalue weighted by Crippen LogP contribution is 2.49. The van der Waals surface area contributed by atoms with E-state index < -0.39 is 34.6 Å². The number of ether oxygens (including phenoxy) is 1. The van der Waals surface area contributed by atoms with Crippen LogP contribution in [0.15, 0.2) is 36.4 Å². The van der Waals surface area contributed by atoms with Crippen molar-refractivity contribution in [2.24, 2.45) is 0 Å². The van der Waals surface area contributed by atoms with Crippen LogP contribution < -0.4 is 10.1 Å². The molecular weight excluding hydrogens is 350 g/mol. The van der Waals surface area contributed by atoms with E-state index in [-0.39, 0.29) is 16.3 Å². The lowest BCUT2D eigenvalue weighted by molar-refractivity contribution is -0.136. The van der Waals surface area contributed by atoms with Crippen LogP contribution in [0.2, 0.25) is 5.02 Å². The van der Waals surface area contributed by atoms with Gasteiger partial charge in [-0.3, -0.25) is 4.79 Å². The number of hydrogen-bond donors (Lipinski definition) is 1. The van der Waals surface area contributed by atoms with Gasteiger partial charge in [0.2, 0.25) is 5.67 Å². The fourth-order valence-corrected chi connectivity index (χ4v) is 2.89. The van der Waals surface area contributed by atoms with Crippen molar-refractivity contribution in [1.29, 1.82) is 0 Å². The summed E-state index contributed by atoms with van der Waals surface area (Å²) in [6.07, 6.45) is -4.72. The highest BCUT2D eigenvalue weighted by Gasteiger charge is 2.52. The van der Waals surface area contributed by atoms with E-state index >= 15 is 4.39 Å². The molecule has 2 aromatic carbocycles. The second kappa shape index (κ2) is 5.37. The minimum absolute atomic E-state index is 0.111. The summed E-state index contributed by atoms with van der Waals surface area (Å²) in [6, 6.07) is 6.73. The molecule has 0 aliphatic carbocycles. The summed E-state index contributed by atoms with van der Waals surface area (Å²) < 4.78 is 59.8. The van der Waals surface area contributed by atoms with E-state index in [1.54, 1.807) is 0 Å². The number of anilines is 1. The zero-order valence-corrected chi connectivity index (χ0v) is 12.9. The van der Waals surface area contributed by atoms with E-state index in [2.05, 4.69) is 0 Å². The molecule has 0 radical (unpaired) electrons. The summed E-state index contributed by atoms with van der Waals surface area (Å²) in [4.78, 5) is 12.2. The highest BCUT2D eigenvalue weighted by atomic mass is 35.5. The molecule has 1 aliphatic rings. The quantitative estimate of drug-likeness (QED) is 0.800. The Bertz CT molecular complexity index is 837. The van der Waals surface area contributed by atoms with Gasteiger partial charge in [-0.25, -0.2) is 4.39 Å². The Hall–Kier alpha value is -2.28. The van der Waals surface area contributed by atoms with Crippen molar-refractivity contribution < 1.29 is 27.1 Å². The zero-order valence-electron chi connectivity index (χ0n) is 12.2. The third-order valence-corrected chi connectivity index (χ3v) is 4.15. The number of alkyl halides is 4. The molecule has 1 unspecified atom stereocenters. The van der Waals surface area contributed by atoms with Crippen LogP contribution in [0.1, 0.15) is 16.7 Å². The molecule has 0 spiro atoms. The third-order valence-electron chi connectivity index (χ3n) is 3.84. The lowest BCUT2D eigenvalue weighted by Crippen LogP contribution is -2.30. The smallest absolute Gasteiger partial charge is 0.418 e. The number of para-hydroxylation sites is 1. The van der Waals surface area contributed by atoms with Crippen molar-refractivity contribution in [2.75, 3.05) is 12.4 Å². The average molecular weight is 360 g/mol. The minimum atomic E-state index is -4.72. The maximum absolute atomic E-state index is 15.6. The van der Waals surface area contributed by atoms with Gasteiger partial charge in [-0.1, -0.05) is 29.8 Å². The summed E-state index contributed by atoms with van der Waals surface area (Å²) >= 11 is 5.87. The molecule has 1 aliphatic heterocycles. The fourth-order valence-electron chi connectivity index (χ4n) is 2.69. The summed E-state index contributed by atoms with van der Waals surface area (Å²) in [5, 5.41) is 2.19. The molecule has 0 bridgehead atoms. The van der Waals surface area contributed by atoms with Crippen LogP contribution in [0, 0.1) is 0 Å². The van der Waals surface area contributed by atoms with Crippen LogP contribution in [-0.2, 0) is 16.6 Å². The summed E-state index contributed by atoms with van der Waals surface area (Å²) in [6.45, 7) is 0. The number of halogens is 5. The van der Waals surface area contributed by atoms with Gasteiger partial charge < -0.3 is 10.1 Å². The standard InChI is InChI=1S/C16H10ClF4NO2/c1-24-12-7-8(5-6-11(12)17)15(18)9-3-2-4-10(16(19,20)21)13(9)22-14(15)23/h2-7H,1H3,(H,22,23). The predicted octanol–water partition coefficient (Wildman–Crippen LogP) is 4.53. The summed E-state index contributed by atoms with van der Waals surface area (Å²) in [5.74, 6) is -1.09. The maximum Gasteiger partial charge on any atom is 0.418 e. The van der Waals surface area contributed by atoms with E-state index in [0.717, 1.165) is 18.2 Å². The second-order valence-electron chi connectivity index (χ2n) is 5.19. The van der Waals surface area contributed by atoms with Crippen LogP contribution in [0.25, 0.3) is 0 Å². The molecule has 3 rings (SSSR count). The molecule has 0 aromatic heterocycles. The molecule has 0 fully saturated rings. The van der Waals surface area contributed by atoms with E-state index in [4.69, 9.17) is 16.3 Å². The first-order chi connectivity index (χ1) is 11.2. The number of amides is 1. The number of rotatable bonds is 2. The molecular formula is C16H10ClF4NO2. The largest absolute Gasteiger partial charge is 0.495 e. The first kappa shape index (κ1) is 16.6. The van der Waals surface area contributed by atoms with E-state index in [1.165, 1.54) is 25.3 Å². The Kier molecular flexibility index (Phi) is 3.71. The normalized spacial score (nSPS) is 19.8. The Morgan fingerprint density at radius 1 is 1.21 bits per heavy atom. The van der Waals surface area contributed by atoms with Crippen molar-refractivity contribution in [3.63, 3.8) is 0 Å². The van der Waals surface area contributed by atoms with Crippen molar-refractivity contribution in [3.8, 4) is 5.75 Å². The van der Waals surface area contributed by atoms with Crippen LogP contribution in [0.5, 0.6) is 5.75 Å². The zero-order chi connectivity index (χ0) is 17.7. The lowest BCUT2D eigenvalue weighted by Gasteiger charge is -2.20. The van der Waals surface area contributed by atoms with Gasteiger partial charge in [-0.2, -0.15) is 13.2 Å². The SMILES string of the molecule is COc1cc(C2(F)C(=O)Nc3c(C(F)(F)F)cccc32)ccc1Cl. The third kappa shape index (κ3) is 2.31. The van der Waals surface area contributed by atoms with Gasteiger partial charge in [0.1, 0.15) is 5.75 Å². The average Bonchev–Trinajstić information content (AvgIpc) is 2.79. The van der Waals surface area contributed by atoms with Gasteiger partial charge in [0, 0.05) is 11.1 Å². The van der Waals surface area contributed by atoms with Gasteiger partial charge in [-0.05, 0) is 18.2 Å². The molecule has 8 heteroatoms. The Balaban J connectivity index is 2.23. The topological polar surface area (TPSA) is 38.3 Å². The number of carbonyl (C=O) groups is 1. The van der Waals surface area contributed by atoms with Crippen LogP contribution in [0.4, 0.5) is 23.2 Å². The van der Waals surface area contributed by atoms with Gasteiger partial charge in [-0.15, -0.1) is 0 Å². The Labute approximate surface area is 139 Å². The maximum atomic E-state index is 15.6. The molecule has 3 nitrogen and oxygen atoms in total. The molecule has 0 saturated carbocycles. The number of benzene rings is 2. The molecule has 24 heavy (non-hydrogen) atoms. The van der Waals surface area contributed by atoms with Gasteiger partial charge in [0.15, 0.2) is 0 Å². The van der Waals surface area contributed by atoms with Gasteiger partial charge in [0.25, 0.3) is 5.91 Å². The molecule has 1 amide bonds. The first-order valence-electron chi connectivity index (χ1n) is 6.74. The number of fused-ring (bicyclic) bond motifs is 1. The fraction of sp³-hybridized carbons (Fsp3) is 0.188. The highest BCUT2D eigenvalue weighted by molar-refractivity contribution is 6.32. The molecule has 126 valence electrons. The minimum Gasteiger partial charge on any atom is -0.495 e. The molecule has 1 atom stereocenters. The number of nitrogens with one attached hydrogen (secondary N) is 1. The number of methoxy groups -OCH3 is 1. The number of carbonyl (C=O) groups excluding carboxylic acids is 1. The number of hydrogen-bond acceptors (Lipinski definition) is 2. The van der Waals surface area contributed by atoms with Gasteiger partial charge >= 0.3 is 6.18 Å². The van der Waals surface area contributed by atoms with Crippen LogP contribution in [0.3, 0.4) is 0 Å². The van der Waals surface area contributed by atoms with E-state index in [1.807, 2.05) is 5.32 Å². The van der Waals surface area contributed by atoms with Crippen molar-refractivity contribution in [3.05, 3.63) is 58.1 Å². The summed E-state index contributed by atoms with van der Waals surface area (Å²) in [7, 11) is 1.31. The van der Waals surface area contributed by atoms with Crippen LogP contribution in [-0.4, -0.2) is 13.0 Å². The monoisotopic (exact) mass is 359 g/mol. The molecule has 1 N–H and O–H groups in total. The van der Waals surface area contributed by atoms with Crippen LogP contribution >= 0.6 is 11.6 Å². The molecule has 1 heterocycles. The first-order valence-corrected chi connectivity index (χ1v) is 7.12. The van der Waals surface area contributed by atoms with Crippen molar-refractivity contribution in [2.45, 2.75) is 11.8 Å². The van der Waals surface area contributed by atoms with Crippen molar-refractivity contribution in [1.82, 2.24) is 0 Å². The lowest BCUT2D eigenvalue weighted by atomic mass is 9.88. The second-order valence-corrected chi connectivity index (χ2v) is 5.60. The van der Waals surface area contributed by atoms with Gasteiger partial charge in [0.05, 0.1) is 23.4 Å².